The van der Waals surface area contributed by atoms with Gasteiger partial charge in [-0.15, -0.1) is 0 Å². The fourth-order valence-corrected chi connectivity index (χ4v) is 2.54. The van der Waals surface area contributed by atoms with E-state index >= 15 is 0 Å². The Bertz CT molecular complexity index is 469. The van der Waals surface area contributed by atoms with E-state index in [0.29, 0.717) is 6.54 Å². The summed E-state index contributed by atoms with van der Waals surface area (Å²) >= 11 is 1.87. The van der Waals surface area contributed by atoms with Gasteiger partial charge in [-0.3, -0.25) is 4.99 Å². The summed E-state index contributed by atoms with van der Waals surface area (Å²) in [5.41, 5.74) is 0.809. The molecule has 3 N–H and O–H groups in total. The molecule has 130 valence electrons. The van der Waals surface area contributed by atoms with E-state index in [2.05, 4.69) is 21.9 Å². The fourth-order valence-electron chi connectivity index (χ4n) is 2.05. The van der Waals surface area contributed by atoms with Crippen LogP contribution in [0, 0.1) is 0 Å². The molecule has 5 nitrogen and oxygen atoms in total. The van der Waals surface area contributed by atoms with Gasteiger partial charge >= 0.3 is 0 Å². The second-order valence-corrected chi connectivity index (χ2v) is 6.12. The molecular weight excluding hydrogens is 310 g/mol. The lowest BCUT2D eigenvalue weighted by Gasteiger charge is -2.13. The lowest BCUT2D eigenvalue weighted by molar-refractivity contribution is 0.186. The molecule has 1 unspecified atom stereocenters. The number of hydrogen-bond donors (Lipinski definition) is 3. The molecule has 0 aliphatic heterocycles. The van der Waals surface area contributed by atoms with Crippen molar-refractivity contribution in [1.82, 2.24) is 10.6 Å². The highest BCUT2D eigenvalue weighted by Crippen LogP contribution is 2.19. The minimum absolute atomic E-state index is 0.313. The van der Waals surface area contributed by atoms with Gasteiger partial charge < -0.3 is 20.5 Å². The summed E-state index contributed by atoms with van der Waals surface area (Å²) in [6.07, 6.45) is 3.79. The average Bonchev–Trinajstić information content (AvgIpc) is 2.59. The van der Waals surface area contributed by atoms with Gasteiger partial charge in [0.15, 0.2) is 5.96 Å². The molecule has 0 aliphatic carbocycles. The number of unbranched alkanes of at least 4 members (excludes halogenated alkanes) is 1. The van der Waals surface area contributed by atoms with Crippen LogP contribution in [0.5, 0.6) is 5.75 Å². The standard InChI is InChI=1S/C17H29N3O2S/c1-4-18-17(19-10-5-6-11-23-3)20-13-16(21)14-8-7-9-15(12-14)22-2/h7-9,12,16,21H,4-6,10-11,13H2,1-3H3,(H2,18,19,20). The highest BCUT2D eigenvalue weighted by atomic mass is 32.2. The molecule has 1 atom stereocenters. The molecule has 0 aromatic heterocycles. The van der Waals surface area contributed by atoms with E-state index in [-0.39, 0.29) is 0 Å². The van der Waals surface area contributed by atoms with E-state index in [9.17, 15) is 5.11 Å². The van der Waals surface area contributed by atoms with Crippen LogP contribution in [0.15, 0.2) is 29.3 Å². The van der Waals surface area contributed by atoms with Gasteiger partial charge in [0.1, 0.15) is 5.75 Å². The predicted octanol–water partition coefficient (Wildman–Crippen LogP) is 2.43. The van der Waals surface area contributed by atoms with Crippen molar-refractivity contribution in [3.63, 3.8) is 0 Å². The molecule has 0 aliphatic rings. The van der Waals surface area contributed by atoms with Crippen molar-refractivity contribution < 1.29 is 9.84 Å². The maximum atomic E-state index is 10.3. The summed E-state index contributed by atoms with van der Waals surface area (Å²) in [7, 11) is 1.62. The number of methoxy groups -OCH3 is 1. The predicted molar refractivity (Wildman–Crippen MR) is 99.6 cm³/mol. The first-order valence-corrected chi connectivity index (χ1v) is 9.43. The van der Waals surface area contributed by atoms with E-state index in [1.807, 2.05) is 43.0 Å². The number of aliphatic imine (C=N–C) groups is 1. The highest BCUT2D eigenvalue weighted by Gasteiger charge is 2.08. The van der Waals surface area contributed by atoms with Crippen molar-refractivity contribution >= 4 is 17.7 Å². The molecule has 0 heterocycles. The first kappa shape index (κ1) is 19.6. The summed E-state index contributed by atoms with van der Waals surface area (Å²) in [4.78, 5) is 4.46. The molecule has 6 heteroatoms. The van der Waals surface area contributed by atoms with Crippen LogP contribution in [-0.2, 0) is 0 Å². The van der Waals surface area contributed by atoms with Gasteiger partial charge in [-0.25, -0.2) is 0 Å². The zero-order valence-corrected chi connectivity index (χ0v) is 15.2. The third kappa shape index (κ3) is 8.13. The van der Waals surface area contributed by atoms with Crippen LogP contribution in [0.2, 0.25) is 0 Å². The topological polar surface area (TPSA) is 65.9 Å². The molecule has 1 aromatic rings. The first-order valence-electron chi connectivity index (χ1n) is 8.04. The lowest BCUT2D eigenvalue weighted by Crippen LogP contribution is -2.38. The maximum Gasteiger partial charge on any atom is 0.191 e. The van der Waals surface area contributed by atoms with Crippen LogP contribution >= 0.6 is 11.8 Å². The number of aliphatic hydroxyl groups excluding tert-OH is 1. The van der Waals surface area contributed by atoms with Gasteiger partial charge in [-0.2, -0.15) is 11.8 Å². The maximum absolute atomic E-state index is 10.3. The number of nitrogens with one attached hydrogen (secondary N) is 2. The Morgan fingerprint density at radius 1 is 1.35 bits per heavy atom. The molecule has 0 amide bonds. The van der Waals surface area contributed by atoms with Crippen molar-refractivity contribution in [3.05, 3.63) is 29.8 Å². The summed E-state index contributed by atoms with van der Waals surface area (Å²) in [6.45, 7) is 4.03. The Balaban J connectivity index is 2.50. The van der Waals surface area contributed by atoms with Crippen LogP contribution in [0.25, 0.3) is 0 Å². The number of nitrogens with zero attached hydrogens (tertiary/aromatic N) is 1. The van der Waals surface area contributed by atoms with Crippen LogP contribution in [-0.4, -0.2) is 49.8 Å². The van der Waals surface area contributed by atoms with E-state index in [0.717, 1.165) is 36.8 Å². The molecule has 1 aromatic carbocycles. The van der Waals surface area contributed by atoms with E-state index in [1.54, 1.807) is 7.11 Å². The summed E-state index contributed by atoms with van der Waals surface area (Å²) in [5.74, 6) is 2.67. The van der Waals surface area contributed by atoms with Gasteiger partial charge in [0, 0.05) is 13.1 Å². The molecule has 0 spiro atoms. The molecule has 0 radical (unpaired) electrons. The number of guanidine groups is 1. The van der Waals surface area contributed by atoms with Crippen molar-refractivity contribution in [1.29, 1.82) is 0 Å². The Hall–Kier alpha value is -1.40. The van der Waals surface area contributed by atoms with Gasteiger partial charge in [0.05, 0.1) is 19.8 Å². The molecule has 1 rings (SSSR count). The second kappa shape index (κ2) is 12.1. The van der Waals surface area contributed by atoms with Crippen LogP contribution in [0.3, 0.4) is 0 Å². The number of benzene rings is 1. The summed E-state index contributed by atoms with van der Waals surface area (Å²) in [6, 6.07) is 7.45. The number of thioether (sulfide) groups is 1. The quantitative estimate of drug-likeness (QED) is 0.347. The van der Waals surface area contributed by atoms with Crippen molar-refractivity contribution in [2.24, 2.45) is 4.99 Å². The van der Waals surface area contributed by atoms with Gasteiger partial charge in [-0.05, 0) is 49.5 Å². The molecule has 0 fully saturated rings. The molecular formula is C17H29N3O2S. The minimum Gasteiger partial charge on any atom is -0.497 e. The number of hydrogen-bond acceptors (Lipinski definition) is 4. The van der Waals surface area contributed by atoms with Crippen molar-refractivity contribution in [3.8, 4) is 5.75 Å². The summed E-state index contributed by atoms with van der Waals surface area (Å²) < 4.78 is 5.18. The largest absolute Gasteiger partial charge is 0.497 e. The summed E-state index contributed by atoms with van der Waals surface area (Å²) in [5, 5.41) is 16.8. The molecule has 0 saturated heterocycles. The zero-order valence-electron chi connectivity index (χ0n) is 14.3. The second-order valence-electron chi connectivity index (χ2n) is 5.14. The van der Waals surface area contributed by atoms with Gasteiger partial charge in [0.25, 0.3) is 0 Å². The van der Waals surface area contributed by atoms with Crippen LogP contribution in [0.1, 0.15) is 31.4 Å². The number of ether oxygens (including phenoxy) is 1. The van der Waals surface area contributed by atoms with Crippen LogP contribution < -0.4 is 15.4 Å². The fraction of sp³-hybridized carbons (Fsp3) is 0.588. The van der Waals surface area contributed by atoms with Crippen molar-refractivity contribution in [2.45, 2.75) is 25.9 Å². The zero-order chi connectivity index (χ0) is 16.9. The Kier molecular flexibility index (Phi) is 10.3. The van der Waals surface area contributed by atoms with E-state index < -0.39 is 6.10 Å². The molecule has 23 heavy (non-hydrogen) atoms. The Morgan fingerprint density at radius 3 is 2.87 bits per heavy atom. The highest BCUT2D eigenvalue weighted by molar-refractivity contribution is 7.98. The van der Waals surface area contributed by atoms with Gasteiger partial charge in [0.2, 0.25) is 0 Å². The average molecular weight is 340 g/mol. The first-order chi connectivity index (χ1) is 11.2. The van der Waals surface area contributed by atoms with Crippen molar-refractivity contribution in [2.75, 3.05) is 38.8 Å². The van der Waals surface area contributed by atoms with Gasteiger partial charge in [-0.1, -0.05) is 12.1 Å². The van der Waals surface area contributed by atoms with E-state index in [4.69, 9.17) is 4.74 Å². The smallest absolute Gasteiger partial charge is 0.191 e. The molecule has 0 saturated carbocycles. The molecule has 0 bridgehead atoms. The number of aliphatic hydroxyl groups is 1. The Labute approximate surface area is 143 Å². The van der Waals surface area contributed by atoms with E-state index in [1.165, 1.54) is 12.2 Å². The van der Waals surface area contributed by atoms with Crippen LogP contribution in [0.4, 0.5) is 0 Å². The monoisotopic (exact) mass is 339 g/mol. The minimum atomic E-state index is -0.642. The third-order valence-electron chi connectivity index (χ3n) is 3.31. The lowest BCUT2D eigenvalue weighted by atomic mass is 10.1. The number of rotatable bonds is 10. The third-order valence-corrected chi connectivity index (χ3v) is 4.01. The SMILES string of the molecule is CCNC(=NCC(O)c1cccc(OC)c1)NCCCCSC. The Morgan fingerprint density at radius 2 is 2.17 bits per heavy atom. The normalized spacial score (nSPS) is 12.8.